The lowest BCUT2D eigenvalue weighted by Gasteiger charge is -2.11. The molecule has 0 atom stereocenters. The van der Waals surface area contributed by atoms with Crippen molar-refractivity contribution < 1.29 is 9.53 Å². The van der Waals surface area contributed by atoms with Gasteiger partial charge in [-0.05, 0) is 25.5 Å². The highest BCUT2D eigenvalue weighted by atomic mass is 16.5. The summed E-state index contributed by atoms with van der Waals surface area (Å²) in [7, 11) is 1.51. The van der Waals surface area contributed by atoms with Crippen molar-refractivity contribution in [1.82, 2.24) is 9.97 Å². The molecule has 5 heteroatoms. The smallest absolute Gasteiger partial charge is 0.248 e. The Hall–Kier alpha value is -2.43. The molecule has 1 N–H and O–H groups in total. The topological polar surface area (TPSA) is 72.1 Å². The average molecular weight is 258 g/mol. The molecule has 2 aromatic heterocycles. The van der Waals surface area contributed by atoms with E-state index in [1.807, 2.05) is 6.92 Å². The number of hydrogen-bond donors (Lipinski definition) is 1. The van der Waals surface area contributed by atoms with E-state index in [2.05, 4.69) is 9.97 Å². The molecule has 0 aromatic carbocycles. The lowest BCUT2D eigenvalue weighted by molar-refractivity contribution is 0.101. The second-order valence-electron chi connectivity index (χ2n) is 4.21. The number of rotatable bonds is 3. The van der Waals surface area contributed by atoms with E-state index in [0.717, 1.165) is 5.69 Å². The minimum atomic E-state index is -0.250. The number of methoxy groups -OCH3 is 1. The van der Waals surface area contributed by atoms with E-state index in [9.17, 15) is 9.59 Å². The summed E-state index contributed by atoms with van der Waals surface area (Å²) in [5, 5.41) is 0. The molecule has 0 aliphatic heterocycles. The predicted octanol–water partition coefficient (Wildman–Crippen LogP) is 1.96. The maximum atomic E-state index is 11.7. The SMILES string of the molecule is COc1c[nH]c(=O)cc1-c1cc(C)ncc1C(C)=O. The van der Waals surface area contributed by atoms with Gasteiger partial charge in [0.1, 0.15) is 5.75 Å². The van der Waals surface area contributed by atoms with Crippen molar-refractivity contribution >= 4 is 5.78 Å². The maximum absolute atomic E-state index is 11.7. The molecular weight excluding hydrogens is 244 g/mol. The largest absolute Gasteiger partial charge is 0.495 e. The highest BCUT2D eigenvalue weighted by molar-refractivity contribution is 6.01. The van der Waals surface area contributed by atoms with Crippen LogP contribution in [0.25, 0.3) is 11.1 Å². The Morgan fingerprint density at radius 3 is 2.68 bits per heavy atom. The van der Waals surface area contributed by atoms with Gasteiger partial charge in [0, 0.05) is 35.3 Å². The molecule has 2 heterocycles. The number of H-pyrrole nitrogens is 1. The Bertz CT molecular complexity index is 689. The summed E-state index contributed by atoms with van der Waals surface area (Å²) >= 11 is 0. The van der Waals surface area contributed by atoms with Crippen LogP contribution in [0.3, 0.4) is 0 Å². The van der Waals surface area contributed by atoms with Crippen LogP contribution in [-0.4, -0.2) is 22.9 Å². The molecule has 98 valence electrons. The number of nitrogens with zero attached hydrogens (tertiary/aromatic N) is 1. The van der Waals surface area contributed by atoms with Gasteiger partial charge in [-0.1, -0.05) is 0 Å². The minimum Gasteiger partial charge on any atom is -0.495 e. The number of hydrogen-bond acceptors (Lipinski definition) is 4. The number of aromatic amines is 1. The van der Waals surface area contributed by atoms with Crippen LogP contribution in [0.5, 0.6) is 5.75 Å². The normalized spacial score (nSPS) is 10.3. The Labute approximate surface area is 110 Å². The van der Waals surface area contributed by atoms with E-state index in [0.29, 0.717) is 22.4 Å². The van der Waals surface area contributed by atoms with Crippen molar-refractivity contribution in [3.63, 3.8) is 0 Å². The first-order valence-electron chi connectivity index (χ1n) is 5.77. The van der Waals surface area contributed by atoms with Gasteiger partial charge < -0.3 is 9.72 Å². The number of aryl methyl sites for hydroxylation is 1. The second-order valence-corrected chi connectivity index (χ2v) is 4.21. The van der Waals surface area contributed by atoms with Crippen molar-refractivity contribution in [2.24, 2.45) is 0 Å². The summed E-state index contributed by atoms with van der Waals surface area (Å²) in [6.07, 6.45) is 3.00. The van der Waals surface area contributed by atoms with Gasteiger partial charge in [-0.3, -0.25) is 14.6 Å². The van der Waals surface area contributed by atoms with Gasteiger partial charge in [0.25, 0.3) is 0 Å². The quantitative estimate of drug-likeness (QED) is 0.854. The third-order valence-corrected chi connectivity index (χ3v) is 2.82. The van der Waals surface area contributed by atoms with Crippen LogP contribution >= 0.6 is 0 Å². The van der Waals surface area contributed by atoms with E-state index >= 15 is 0 Å². The van der Waals surface area contributed by atoms with Crippen LogP contribution in [-0.2, 0) is 0 Å². The zero-order chi connectivity index (χ0) is 14.0. The van der Waals surface area contributed by atoms with Crippen LogP contribution in [0.1, 0.15) is 23.0 Å². The molecule has 0 amide bonds. The first kappa shape index (κ1) is 13.0. The van der Waals surface area contributed by atoms with E-state index in [1.165, 1.54) is 32.5 Å². The number of Topliss-reactive ketones (excluding diaryl/α,β-unsaturated/α-hetero) is 1. The molecule has 19 heavy (non-hydrogen) atoms. The molecule has 0 bridgehead atoms. The van der Waals surface area contributed by atoms with E-state index in [1.54, 1.807) is 6.07 Å². The number of ketones is 1. The van der Waals surface area contributed by atoms with Gasteiger partial charge in [-0.25, -0.2) is 0 Å². The Morgan fingerprint density at radius 1 is 1.32 bits per heavy atom. The van der Waals surface area contributed by atoms with E-state index < -0.39 is 0 Å². The maximum Gasteiger partial charge on any atom is 0.248 e. The lowest BCUT2D eigenvalue weighted by atomic mass is 9.99. The summed E-state index contributed by atoms with van der Waals surface area (Å²) in [4.78, 5) is 29.8. The summed E-state index contributed by atoms with van der Waals surface area (Å²) in [5.74, 6) is 0.400. The second kappa shape index (κ2) is 5.06. The Kier molecular flexibility index (Phi) is 3.46. The molecular formula is C14H14N2O3. The van der Waals surface area contributed by atoms with Gasteiger partial charge in [0.05, 0.1) is 7.11 Å². The number of carbonyl (C=O) groups is 1. The fourth-order valence-electron chi connectivity index (χ4n) is 1.90. The molecule has 0 radical (unpaired) electrons. The zero-order valence-electron chi connectivity index (χ0n) is 11.0. The zero-order valence-corrected chi connectivity index (χ0v) is 11.0. The third-order valence-electron chi connectivity index (χ3n) is 2.82. The Balaban J connectivity index is 2.77. The molecule has 5 nitrogen and oxygen atoms in total. The first-order valence-corrected chi connectivity index (χ1v) is 5.77. The molecule has 0 spiro atoms. The highest BCUT2D eigenvalue weighted by Gasteiger charge is 2.14. The van der Waals surface area contributed by atoms with Crippen LogP contribution < -0.4 is 10.3 Å². The van der Waals surface area contributed by atoms with Gasteiger partial charge in [-0.2, -0.15) is 0 Å². The number of nitrogens with one attached hydrogen (secondary N) is 1. The minimum absolute atomic E-state index is 0.107. The van der Waals surface area contributed by atoms with Crippen LogP contribution in [0.2, 0.25) is 0 Å². The van der Waals surface area contributed by atoms with E-state index in [-0.39, 0.29) is 11.3 Å². The highest BCUT2D eigenvalue weighted by Crippen LogP contribution is 2.30. The van der Waals surface area contributed by atoms with Crippen LogP contribution in [0.4, 0.5) is 0 Å². The predicted molar refractivity (Wildman–Crippen MR) is 71.6 cm³/mol. The molecule has 2 rings (SSSR count). The monoisotopic (exact) mass is 258 g/mol. The fourth-order valence-corrected chi connectivity index (χ4v) is 1.90. The molecule has 0 saturated carbocycles. The Morgan fingerprint density at radius 2 is 2.05 bits per heavy atom. The number of pyridine rings is 2. The van der Waals surface area contributed by atoms with Crippen molar-refractivity contribution in [3.8, 4) is 16.9 Å². The molecule has 0 fully saturated rings. The number of aromatic nitrogens is 2. The molecule has 0 saturated heterocycles. The van der Waals surface area contributed by atoms with Crippen molar-refractivity contribution in [1.29, 1.82) is 0 Å². The van der Waals surface area contributed by atoms with Gasteiger partial charge in [0.15, 0.2) is 5.78 Å². The lowest BCUT2D eigenvalue weighted by Crippen LogP contribution is -2.07. The molecule has 0 aliphatic rings. The summed E-state index contributed by atoms with van der Waals surface area (Å²) in [6.45, 7) is 3.29. The number of ether oxygens (including phenoxy) is 1. The molecule has 0 aliphatic carbocycles. The summed E-state index contributed by atoms with van der Waals surface area (Å²) < 4.78 is 5.23. The van der Waals surface area contributed by atoms with E-state index in [4.69, 9.17) is 4.74 Å². The number of carbonyl (C=O) groups excluding carboxylic acids is 1. The van der Waals surface area contributed by atoms with Crippen LogP contribution in [0.15, 0.2) is 29.3 Å². The molecule has 0 unspecified atom stereocenters. The summed E-state index contributed by atoms with van der Waals surface area (Å²) in [5.41, 5.74) is 2.22. The first-order chi connectivity index (χ1) is 9.02. The molecule has 2 aromatic rings. The van der Waals surface area contributed by atoms with Crippen molar-refractivity contribution in [2.75, 3.05) is 7.11 Å². The van der Waals surface area contributed by atoms with Gasteiger partial charge in [0.2, 0.25) is 5.56 Å². The van der Waals surface area contributed by atoms with Crippen LogP contribution in [0, 0.1) is 6.92 Å². The average Bonchev–Trinajstić information content (AvgIpc) is 2.38. The summed E-state index contributed by atoms with van der Waals surface area (Å²) in [6, 6.07) is 3.19. The third kappa shape index (κ3) is 2.54. The fraction of sp³-hybridized carbons (Fsp3) is 0.214. The van der Waals surface area contributed by atoms with Gasteiger partial charge in [-0.15, -0.1) is 0 Å². The van der Waals surface area contributed by atoms with Gasteiger partial charge >= 0.3 is 0 Å². The van der Waals surface area contributed by atoms with Crippen molar-refractivity contribution in [2.45, 2.75) is 13.8 Å². The van der Waals surface area contributed by atoms with Crippen molar-refractivity contribution in [3.05, 3.63) is 46.1 Å². The standard InChI is InChI=1S/C14H14N2O3/c1-8-4-10(12(6-15-8)9(2)17)11-5-14(18)16-7-13(11)19-3/h4-7H,1-3H3,(H,16,18).